The molecule has 0 radical (unpaired) electrons. The van der Waals surface area contributed by atoms with E-state index >= 15 is 0 Å². The molecule has 2 rings (SSSR count). The number of aromatic nitrogens is 2. The van der Waals surface area contributed by atoms with E-state index in [0.717, 1.165) is 12.1 Å². The Labute approximate surface area is 120 Å². The molecule has 0 aliphatic rings. The Morgan fingerprint density at radius 3 is 2.67 bits per heavy atom. The van der Waals surface area contributed by atoms with Crippen LogP contribution in [0.2, 0.25) is 0 Å². The van der Waals surface area contributed by atoms with Gasteiger partial charge < -0.3 is 10.8 Å². The summed E-state index contributed by atoms with van der Waals surface area (Å²) in [6.45, 7) is -0.0228. The first kappa shape index (κ1) is 14.9. The van der Waals surface area contributed by atoms with Crippen molar-refractivity contribution < 1.29 is 18.3 Å². The molecule has 1 heterocycles. The second-order valence-electron chi connectivity index (χ2n) is 4.08. The zero-order valence-electron chi connectivity index (χ0n) is 10.7. The first-order valence-electron chi connectivity index (χ1n) is 5.77. The fourth-order valence-corrected chi connectivity index (χ4v) is 2.71. The van der Waals surface area contributed by atoms with Crippen LogP contribution in [0.4, 0.5) is 5.69 Å². The van der Waals surface area contributed by atoms with Crippen LogP contribution >= 0.6 is 0 Å². The second kappa shape index (κ2) is 5.85. The lowest BCUT2D eigenvalue weighted by Crippen LogP contribution is -2.24. The fraction of sp³-hybridized carbons (Fsp3) is 0.0833. The molecule has 0 amide bonds. The Hall–Kier alpha value is -2.52. The minimum atomic E-state index is -3.86. The van der Waals surface area contributed by atoms with Crippen molar-refractivity contribution in [2.45, 2.75) is 11.4 Å². The van der Waals surface area contributed by atoms with Gasteiger partial charge in [-0.2, -0.15) is 0 Å². The predicted molar refractivity (Wildman–Crippen MR) is 73.9 cm³/mol. The van der Waals surface area contributed by atoms with Gasteiger partial charge in [-0.1, -0.05) is 0 Å². The molecule has 0 aliphatic carbocycles. The number of hydrogen-bond donors (Lipinski definition) is 3. The largest absolute Gasteiger partial charge is 0.478 e. The normalized spacial score (nSPS) is 11.2. The van der Waals surface area contributed by atoms with Crippen molar-refractivity contribution in [3.05, 3.63) is 48.0 Å². The first-order valence-corrected chi connectivity index (χ1v) is 7.26. The highest BCUT2D eigenvalue weighted by Crippen LogP contribution is 2.19. The summed E-state index contributed by atoms with van der Waals surface area (Å²) >= 11 is 0. The summed E-state index contributed by atoms with van der Waals surface area (Å²) in [5.74, 6) is -1.18. The van der Waals surface area contributed by atoms with E-state index in [-0.39, 0.29) is 22.7 Å². The average Bonchev–Trinajstić information content (AvgIpc) is 2.46. The number of nitrogen functional groups attached to an aromatic ring is 1. The summed E-state index contributed by atoms with van der Waals surface area (Å²) in [4.78, 5) is 18.2. The molecule has 0 aliphatic heterocycles. The van der Waals surface area contributed by atoms with Gasteiger partial charge in [0.15, 0.2) is 0 Å². The van der Waals surface area contributed by atoms with Crippen molar-refractivity contribution in [2.24, 2.45) is 0 Å². The van der Waals surface area contributed by atoms with Gasteiger partial charge in [-0.3, -0.25) is 0 Å². The number of benzene rings is 1. The summed E-state index contributed by atoms with van der Waals surface area (Å²) in [7, 11) is -3.86. The number of carbonyl (C=O) groups is 1. The van der Waals surface area contributed by atoms with Gasteiger partial charge >= 0.3 is 5.97 Å². The van der Waals surface area contributed by atoms with E-state index < -0.39 is 16.0 Å². The Kier molecular flexibility index (Phi) is 4.15. The highest BCUT2D eigenvalue weighted by molar-refractivity contribution is 7.89. The quantitative estimate of drug-likeness (QED) is 0.673. The van der Waals surface area contributed by atoms with Crippen molar-refractivity contribution in [1.29, 1.82) is 0 Å². The maximum absolute atomic E-state index is 12.1. The number of hydrogen-bond acceptors (Lipinski definition) is 6. The van der Waals surface area contributed by atoms with E-state index in [2.05, 4.69) is 14.7 Å². The van der Waals surface area contributed by atoms with Crippen LogP contribution in [-0.4, -0.2) is 29.5 Å². The molecule has 0 unspecified atom stereocenters. The number of anilines is 1. The van der Waals surface area contributed by atoms with Crippen molar-refractivity contribution in [3.8, 4) is 0 Å². The lowest BCUT2D eigenvalue weighted by atomic mass is 10.2. The molecule has 0 spiro atoms. The van der Waals surface area contributed by atoms with Gasteiger partial charge in [-0.15, -0.1) is 0 Å². The van der Waals surface area contributed by atoms with E-state index in [1.54, 1.807) is 6.07 Å². The fourth-order valence-electron chi connectivity index (χ4n) is 1.60. The van der Waals surface area contributed by atoms with Crippen LogP contribution in [0.5, 0.6) is 0 Å². The highest BCUT2D eigenvalue weighted by atomic mass is 32.2. The lowest BCUT2D eigenvalue weighted by molar-refractivity contribution is 0.0697. The molecular formula is C12H12N4O4S. The van der Waals surface area contributed by atoms with Crippen LogP contribution in [-0.2, 0) is 16.6 Å². The second-order valence-corrected chi connectivity index (χ2v) is 5.82. The number of sulfonamides is 1. The maximum atomic E-state index is 12.1. The van der Waals surface area contributed by atoms with Crippen LogP contribution < -0.4 is 10.5 Å². The first-order chi connectivity index (χ1) is 9.90. The van der Waals surface area contributed by atoms with Crippen LogP contribution in [0.15, 0.2) is 41.7 Å². The third kappa shape index (κ3) is 3.52. The highest BCUT2D eigenvalue weighted by Gasteiger charge is 2.18. The standard InChI is InChI=1S/C12H12N4O4S/c13-10-5-8(12(17)18)1-2-11(10)21(19,20)16-6-9-3-4-14-7-15-9/h1-5,7,16H,6,13H2,(H,17,18). The molecule has 21 heavy (non-hydrogen) atoms. The van der Waals surface area contributed by atoms with Crippen LogP contribution in [0.3, 0.4) is 0 Å². The van der Waals surface area contributed by atoms with Gasteiger partial charge in [0.2, 0.25) is 10.0 Å². The molecular weight excluding hydrogens is 296 g/mol. The van der Waals surface area contributed by atoms with Crippen molar-refractivity contribution in [1.82, 2.24) is 14.7 Å². The summed E-state index contributed by atoms with van der Waals surface area (Å²) in [6, 6.07) is 5.00. The smallest absolute Gasteiger partial charge is 0.335 e. The van der Waals surface area contributed by atoms with Gasteiger partial charge in [0, 0.05) is 6.20 Å². The number of nitrogens with one attached hydrogen (secondary N) is 1. The zero-order chi connectivity index (χ0) is 15.5. The van der Waals surface area contributed by atoms with Crippen LogP contribution in [0.25, 0.3) is 0 Å². The van der Waals surface area contributed by atoms with E-state index in [4.69, 9.17) is 10.8 Å². The van der Waals surface area contributed by atoms with Crippen molar-refractivity contribution in [2.75, 3.05) is 5.73 Å². The summed E-state index contributed by atoms with van der Waals surface area (Å²) < 4.78 is 26.6. The number of rotatable bonds is 5. The van der Waals surface area contributed by atoms with Crippen molar-refractivity contribution in [3.63, 3.8) is 0 Å². The Morgan fingerprint density at radius 2 is 2.10 bits per heavy atom. The van der Waals surface area contributed by atoms with Gasteiger partial charge in [-0.05, 0) is 24.3 Å². The minimum Gasteiger partial charge on any atom is -0.478 e. The topological polar surface area (TPSA) is 135 Å². The molecule has 110 valence electrons. The Bertz CT molecular complexity index is 762. The Morgan fingerprint density at radius 1 is 1.33 bits per heavy atom. The average molecular weight is 308 g/mol. The molecule has 0 atom stereocenters. The van der Waals surface area contributed by atoms with Gasteiger partial charge in [0.05, 0.1) is 23.5 Å². The lowest BCUT2D eigenvalue weighted by Gasteiger charge is -2.09. The van der Waals surface area contributed by atoms with Gasteiger partial charge in [-0.25, -0.2) is 27.9 Å². The summed E-state index contributed by atoms with van der Waals surface area (Å²) in [5.41, 5.74) is 5.89. The van der Waals surface area contributed by atoms with Crippen molar-refractivity contribution >= 4 is 21.7 Å². The number of carboxylic acid groups (broad SMARTS) is 1. The molecule has 0 saturated carbocycles. The Balaban J connectivity index is 2.22. The number of carboxylic acids is 1. The number of aromatic carboxylic acids is 1. The molecule has 1 aromatic carbocycles. The zero-order valence-corrected chi connectivity index (χ0v) is 11.5. The third-order valence-corrected chi connectivity index (χ3v) is 4.11. The molecule has 2 aromatic rings. The van der Waals surface area contributed by atoms with E-state index in [9.17, 15) is 13.2 Å². The van der Waals surface area contributed by atoms with Crippen LogP contribution in [0, 0.1) is 0 Å². The molecule has 4 N–H and O–H groups in total. The monoisotopic (exact) mass is 308 g/mol. The van der Waals surface area contributed by atoms with E-state index in [0.29, 0.717) is 5.69 Å². The van der Waals surface area contributed by atoms with E-state index in [1.165, 1.54) is 18.6 Å². The third-order valence-electron chi connectivity index (χ3n) is 2.63. The number of nitrogens with two attached hydrogens (primary N) is 1. The minimum absolute atomic E-state index is 0.0228. The molecule has 1 aromatic heterocycles. The number of nitrogens with zero attached hydrogens (tertiary/aromatic N) is 2. The summed E-state index contributed by atoms with van der Waals surface area (Å²) in [6.07, 6.45) is 2.80. The molecule has 9 heteroatoms. The van der Waals surface area contributed by atoms with Crippen LogP contribution in [0.1, 0.15) is 16.1 Å². The predicted octanol–water partition coefficient (Wildman–Crippen LogP) is 0.235. The maximum Gasteiger partial charge on any atom is 0.335 e. The van der Waals surface area contributed by atoms with Gasteiger partial charge in [0.1, 0.15) is 11.2 Å². The summed E-state index contributed by atoms with van der Waals surface area (Å²) in [5, 5.41) is 8.82. The molecule has 0 saturated heterocycles. The molecule has 8 nitrogen and oxygen atoms in total. The van der Waals surface area contributed by atoms with Gasteiger partial charge in [0.25, 0.3) is 0 Å². The molecule has 0 bridgehead atoms. The molecule has 0 fully saturated rings. The SMILES string of the molecule is Nc1cc(C(=O)O)ccc1S(=O)(=O)NCc1ccncn1. The van der Waals surface area contributed by atoms with E-state index in [1.807, 2.05) is 0 Å².